The minimum atomic E-state index is -0.423. The van der Waals surface area contributed by atoms with Crippen LogP contribution >= 0.6 is 0 Å². The molecule has 4 aliphatic rings. The maximum atomic E-state index is 11.0. The van der Waals surface area contributed by atoms with Gasteiger partial charge in [-0.05, 0) is 49.9 Å². The van der Waals surface area contributed by atoms with E-state index in [1.807, 2.05) is 0 Å². The lowest BCUT2D eigenvalue weighted by Gasteiger charge is -2.57. The molecule has 3 heteroatoms. The Balaban J connectivity index is 1.82. The zero-order chi connectivity index (χ0) is 10.6. The van der Waals surface area contributed by atoms with Gasteiger partial charge in [-0.3, -0.25) is 4.79 Å². The maximum Gasteiger partial charge on any atom is 0.302 e. The van der Waals surface area contributed by atoms with Crippen LogP contribution < -0.4 is 0 Å². The first kappa shape index (κ1) is 9.64. The van der Waals surface area contributed by atoms with E-state index in [9.17, 15) is 9.90 Å². The predicted molar refractivity (Wildman–Crippen MR) is 54.1 cm³/mol. The van der Waals surface area contributed by atoms with Crippen molar-refractivity contribution in [2.24, 2.45) is 17.8 Å². The molecule has 4 fully saturated rings. The van der Waals surface area contributed by atoms with Crippen molar-refractivity contribution in [3.63, 3.8) is 0 Å². The Hall–Kier alpha value is -0.570. The summed E-state index contributed by atoms with van der Waals surface area (Å²) in [4.78, 5) is 11.0. The van der Waals surface area contributed by atoms with Crippen LogP contribution in [0.5, 0.6) is 0 Å². The van der Waals surface area contributed by atoms with Gasteiger partial charge < -0.3 is 9.84 Å². The van der Waals surface area contributed by atoms with Crippen LogP contribution in [0.15, 0.2) is 0 Å². The molecule has 84 valence electrons. The number of carbonyl (C=O) groups is 1. The van der Waals surface area contributed by atoms with Crippen molar-refractivity contribution < 1.29 is 14.6 Å². The summed E-state index contributed by atoms with van der Waals surface area (Å²) in [6.45, 7) is 1.49. The van der Waals surface area contributed by atoms with E-state index in [1.54, 1.807) is 0 Å². The Morgan fingerprint density at radius 2 is 1.87 bits per heavy atom. The van der Waals surface area contributed by atoms with Gasteiger partial charge in [-0.1, -0.05) is 0 Å². The van der Waals surface area contributed by atoms with Gasteiger partial charge >= 0.3 is 5.97 Å². The first-order valence-corrected chi connectivity index (χ1v) is 5.95. The van der Waals surface area contributed by atoms with Crippen LogP contribution in [0, 0.1) is 17.8 Å². The van der Waals surface area contributed by atoms with Gasteiger partial charge in [0.05, 0.1) is 5.60 Å². The number of carbonyl (C=O) groups excluding carboxylic acids is 1. The molecule has 5 atom stereocenters. The van der Waals surface area contributed by atoms with E-state index in [1.165, 1.54) is 6.92 Å². The molecule has 0 aromatic carbocycles. The van der Waals surface area contributed by atoms with Gasteiger partial charge in [-0.2, -0.15) is 0 Å². The molecule has 0 spiro atoms. The summed E-state index contributed by atoms with van der Waals surface area (Å²) < 4.78 is 5.42. The van der Waals surface area contributed by atoms with Gasteiger partial charge in [0.1, 0.15) is 6.10 Å². The van der Waals surface area contributed by atoms with Crippen molar-refractivity contribution in [2.75, 3.05) is 0 Å². The smallest absolute Gasteiger partial charge is 0.302 e. The molecule has 4 rings (SSSR count). The molecule has 3 nitrogen and oxygen atoms in total. The lowest BCUT2D eigenvalue weighted by atomic mass is 9.53. The molecule has 4 aliphatic carbocycles. The molecule has 4 bridgehead atoms. The molecule has 0 radical (unpaired) electrons. The molecule has 0 aromatic rings. The number of esters is 1. The molecule has 1 N–H and O–H groups in total. The fourth-order valence-electron chi connectivity index (χ4n) is 4.32. The van der Waals surface area contributed by atoms with Gasteiger partial charge in [0.25, 0.3) is 0 Å². The molecular formula is C12H18O3. The monoisotopic (exact) mass is 210 g/mol. The Morgan fingerprint density at radius 3 is 2.33 bits per heavy atom. The summed E-state index contributed by atoms with van der Waals surface area (Å²) in [5, 5.41) is 10.3. The zero-order valence-corrected chi connectivity index (χ0v) is 9.11. The molecule has 0 amide bonds. The fourth-order valence-corrected chi connectivity index (χ4v) is 4.32. The number of rotatable bonds is 1. The third kappa shape index (κ3) is 1.48. The molecule has 0 heterocycles. The van der Waals surface area contributed by atoms with Crippen molar-refractivity contribution >= 4 is 5.97 Å². The van der Waals surface area contributed by atoms with Crippen LogP contribution in [0.2, 0.25) is 0 Å². The summed E-state index contributed by atoms with van der Waals surface area (Å²) in [6, 6.07) is 0. The van der Waals surface area contributed by atoms with Crippen molar-refractivity contribution in [3.8, 4) is 0 Å². The van der Waals surface area contributed by atoms with Crippen LogP contribution in [0.1, 0.15) is 39.0 Å². The second-order valence-electron chi connectivity index (χ2n) is 5.77. The first-order valence-electron chi connectivity index (χ1n) is 5.95. The largest absolute Gasteiger partial charge is 0.462 e. The summed E-state index contributed by atoms with van der Waals surface area (Å²) >= 11 is 0. The van der Waals surface area contributed by atoms with Gasteiger partial charge in [0, 0.05) is 6.92 Å². The molecule has 4 saturated carbocycles. The van der Waals surface area contributed by atoms with Crippen molar-refractivity contribution in [3.05, 3.63) is 0 Å². The lowest BCUT2D eigenvalue weighted by molar-refractivity contribution is -0.197. The van der Waals surface area contributed by atoms with Crippen LogP contribution in [-0.4, -0.2) is 22.8 Å². The van der Waals surface area contributed by atoms with Gasteiger partial charge in [0.15, 0.2) is 0 Å². The second kappa shape index (κ2) is 2.97. The van der Waals surface area contributed by atoms with E-state index >= 15 is 0 Å². The minimum absolute atomic E-state index is 0.0966. The second-order valence-corrected chi connectivity index (χ2v) is 5.77. The highest BCUT2D eigenvalue weighted by molar-refractivity contribution is 5.66. The summed E-state index contributed by atoms with van der Waals surface area (Å²) in [6.07, 6.45) is 5.07. The number of ether oxygens (including phenoxy) is 1. The average Bonchev–Trinajstić information content (AvgIpc) is 2.08. The number of aliphatic hydroxyl groups is 1. The van der Waals surface area contributed by atoms with Crippen LogP contribution in [0.3, 0.4) is 0 Å². The highest BCUT2D eigenvalue weighted by Crippen LogP contribution is 2.56. The lowest BCUT2D eigenvalue weighted by Crippen LogP contribution is -2.57. The fraction of sp³-hybridized carbons (Fsp3) is 0.917. The van der Waals surface area contributed by atoms with E-state index in [4.69, 9.17) is 4.74 Å². The topological polar surface area (TPSA) is 46.5 Å². The summed E-state index contributed by atoms with van der Waals surface area (Å²) in [5.74, 6) is 1.36. The van der Waals surface area contributed by atoms with E-state index in [-0.39, 0.29) is 12.1 Å². The standard InChI is InChI=1S/C12H18O3/c1-7(13)15-11-9-2-8-3-10(11)6-12(14,4-8)5-9/h8-11,14H,2-6H2,1H3/t8?,9-,10+,11?,12?. The maximum absolute atomic E-state index is 11.0. The number of hydrogen-bond donors (Lipinski definition) is 1. The third-order valence-corrected chi connectivity index (χ3v) is 4.46. The number of hydrogen-bond acceptors (Lipinski definition) is 3. The molecule has 3 unspecified atom stereocenters. The minimum Gasteiger partial charge on any atom is -0.462 e. The van der Waals surface area contributed by atoms with Crippen LogP contribution in [0.25, 0.3) is 0 Å². The highest BCUT2D eigenvalue weighted by atomic mass is 16.5. The van der Waals surface area contributed by atoms with Crippen LogP contribution in [0.4, 0.5) is 0 Å². The third-order valence-electron chi connectivity index (χ3n) is 4.46. The van der Waals surface area contributed by atoms with Crippen LogP contribution in [-0.2, 0) is 9.53 Å². The quantitative estimate of drug-likeness (QED) is 0.667. The molecule has 0 saturated heterocycles. The molecular weight excluding hydrogens is 192 g/mol. The molecule has 0 aromatic heterocycles. The van der Waals surface area contributed by atoms with Gasteiger partial charge in [-0.25, -0.2) is 0 Å². The Morgan fingerprint density at radius 1 is 1.27 bits per heavy atom. The Labute approximate surface area is 89.8 Å². The van der Waals surface area contributed by atoms with E-state index in [2.05, 4.69) is 0 Å². The highest BCUT2D eigenvalue weighted by Gasteiger charge is 2.55. The van der Waals surface area contributed by atoms with Gasteiger partial charge in [0.2, 0.25) is 0 Å². The van der Waals surface area contributed by atoms with E-state index in [0.717, 1.165) is 32.1 Å². The SMILES string of the molecule is CC(=O)OC1[C@@H]2CC3C[C@H]1CC(O)(C3)C2. The van der Waals surface area contributed by atoms with E-state index < -0.39 is 5.60 Å². The molecule has 15 heavy (non-hydrogen) atoms. The predicted octanol–water partition coefficient (Wildman–Crippen LogP) is 1.49. The van der Waals surface area contributed by atoms with Crippen molar-refractivity contribution in [1.29, 1.82) is 0 Å². The van der Waals surface area contributed by atoms with Crippen molar-refractivity contribution in [1.82, 2.24) is 0 Å². The van der Waals surface area contributed by atoms with Gasteiger partial charge in [-0.15, -0.1) is 0 Å². The zero-order valence-electron chi connectivity index (χ0n) is 9.11. The average molecular weight is 210 g/mol. The summed E-state index contributed by atoms with van der Waals surface area (Å²) in [5.41, 5.74) is -0.423. The summed E-state index contributed by atoms with van der Waals surface area (Å²) in [7, 11) is 0. The normalized spacial score (nSPS) is 51.9. The Kier molecular flexibility index (Phi) is 1.91. The van der Waals surface area contributed by atoms with Crippen molar-refractivity contribution in [2.45, 2.75) is 50.7 Å². The Bertz CT molecular complexity index is 283. The molecule has 0 aliphatic heterocycles. The first-order chi connectivity index (χ1) is 7.06. The van der Waals surface area contributed by atoms with E-state index in [0.29, 0.717) is 17.8 Å².